The van der Waals surface area contributed by atoms with E-state index in [1.165, 1.54) is 0 Å². The van der Waals surface area contributed by atoms with Crippen LogP contribution in [0.25, 0.3) is 11.2 Å². The van der Waals surface area contributed by atoms with E-state index in [4.69, 9.17) is 21.3 Å². The average molecular weight is 299 g/mol. The van der Waals surface area contributed by atoms with Crippen LogP contribution < -0.4 is 0 Å². The molecule has 0 N–H and O–H groups in total. The molecule has 0 aliphatic rings. The van der Waals surface area contributed by atoms with Gasteiger partial charge in [-0.25, -0.2) is 4.98 Å². The van der Waals surface area contributed by atoms with Gasteiger partial charge in [-0.1, -0.05) is 6.92 Å². The fourth-order valence-corrected chi connectivity index (χ4v) is 2.76. The Hall–Kier alpha value is -1.07. The summed E-state index contributed by atoms with van der Waals surface area (Å²) in [5.41, 5.74) is 3.11. The largest absolute Gasteiger partial charge is 0.377 e. The third-order valence-corrected chi connectivity index (χ3v) is 3.60. The molecule has 2 aromatic heterocycles. The van der Waals surface area contributed by atoms with Gasteiger partial charge in [-0.15, -0.1) is 11.6 Å². The number of hydrogen-bond acceptors (Lipinski definition) is 3. The molecular weight excluding hydrogens is 276 g/mol. The van der Waals surface area contributed by atoms with Crippen molar-refractivity contribution in [3.63, 3.8) is 0 Å². The quantitative estimate of drug-likeness (QED) is 0.738. The highest BCUT2D eigenvalue weighted by Crippen LogP contribution is 2.21. The molecule has 1 unspecified atom stereocenters. The Balaban J connectivity index is 2.47. The van der Waals surface area contributed by atoms with Gasteiger partial charge in [0.15, 0.2) is 5.65 Å². The number of nitrogens with zero attached hydrogens (tertiary/aromatic N) is 4. The van der Waals surface area contributed by atoms with Gasteiger partial charge in [0.05, 0.1) is 18.3 Å². The Morgan fingerprint density at radius 2 is 2.10 bits per heavy atom. The molecule has 2 heterocycles. The number of aromatic nitrogens is 4. The number of alkyl halides is 1. The van der Waals surface area contributed by atoms with E-state index in [0.717, 1.165) is 48.7 Å². The fourth-order valence-electron chi connectivity index (χ4n) is 2.59. The molecule has 0 radical (unpaired) electrons. The molecule has 2 rings (SSSR count). The standard InChI is InChI=1S/C14H23ClN4O/c1-5-11-13-14(18(4)17-11)19(9-10(3)20-6-2)12(16-13)7-8-15/h10H,5-9H2,1-4H3. The first-order valence-electron chi connectivity index (χ1n) is 7.20. The molecule has 6 heteroatoms. The number of imidazole rings is 1. The Morgan fingerprint density at radius 3 is 2.70 bits per heavy atom. The third-order valence-electron chi connectivity index (χ3n) is 3.41. The van der Waals surface area contributed by atoms with Crippen LogP contribution in [-0.2, 0) is 31.2 Å². The van der Waals surface area contributed by atoms with Crippen LogP contribution >= 0.6 is 11.6 Å². The second-order valence-electron chi connectivity index (χ2n) is 4.94. The molecule has 0 spiro atoms. The van der Waals surface area contributed by atoms with E-state index in [-0.39, 0.29) is 6.10 Å². The van der Waals surface area contributed by atoms with Gasteiger partial charge in [0.1, 0.15) is 11.3 Å². The zero-order chi connectivity index (χ0) is 14.7. The van der Waals surface area contributed by atoms with Gasteiger partial charge in [0.25, 0.3) is 0 Å². The summed E-state index contributed by atoms with van der Waals surface area (Å²) in [4.78, 5) is 4.75. The van der Waals surface area contributed by atoms with E-state index in [1.807, 2.05) is 18.7 Å². The van der Waals surface area contributed by atoms with Crippen LogP contribution in [0.5, 0.6) is 0 Å². The molecule has 2 aromatic rings. The highest BCUT2D eigenvalue weighted by atomic mass is 35.5. The van der Waals surface area contributed by atoms with Crippen molar-refractivity contribution in [3.05, 3.63) is 11.5 Å². The Morgan fingerprint density at radius 1 is 1.35 bits per heavy atom. The maximum Gasteiger partial charge on any atom is 0.158 e. The Kier molecular flexibility index (Phi) is 5.05. The summed E-state index contributed by atoms with van der Waals surface area (Å²) in [5.74, 6) is 1.59. The summed E-state index contributed by atoms with van der Waals surface area (Å²) in [6.07, 6.45) is 1.79. The van der Waals surface area contributed by atoms with Gasteiger partial charge in [0.2, 0.25) is 0 Å². The summed E-state index contributed by atoms with van der Waals surface area (Å²) < 4.78 is 9.77. The lowest BCUT2D eigenvalue weighted by atomic mass is 10.3. The van der Waals surface area contributed by atoms with E-state index in [1.54, 1.807) is 0 Å². The predicted molar refractivity (Wildman–Crippen MR) is 81.4 cm³/mol. The predicted octanol–water partition coefficient (Wildman–Crippen LogP) is 2.54. The van der Waals surface area contributed by atoms with Crippen LogP contribution in [0, 0.1) is 0 Å². The minimum absolute atomic E-state index is 0.145. The molecule has 0 aromatic carbocycles. The summed E-state index contributed by atoms with van der Waals surface area (Å²) in [6.45, 7) is 7.69. The highest BCUT2D eigenvalue weighted by Gasteiger charge is 2.19. The van der Waals surface area contributed by atoms with Gasteiger partial charge < -0.3 is 9.30 Å². The van der Waals surface area contributed by atoms with Crippen LogP contribution in [0.2, 0.25) is 0 Å². The van der Waals surface area contributed by atoms with Crippen LogP contribution in [0.3, 0.4) is 0 Å². The molecule has 0 fully saturated rings. The molecule has 0 aliphatic heterocycles. The normalized spacial score (nSPS) is 13.2. The van der Waals surface area contributed by atoms with E-state index < -0.39 is 0 Å². The zero-order valence-electron chi connectivity index (χ0n) is 12.7. The Bertz CT molecular complexity index is 575. The number of aryl methyl sites for hydroxylation is 3. The second-order valence-corrected chi connectivity index (χ2v) is 5.32. The molecule has 0 bridgehead atoms. The minimum atomic E-state index is 0.145. The zero-order valence-corrected chi connectivity index (χ0v) is 13.4. The van der Waals surface area contributed by atoms with Gasteiger partial charge in [-0.05, 0) is 20.3 Å². The molecule has 0 saturated heterocycles. The first kappa shape index (κ1) is 15.3. The van der Waals surface area contributed by atoms with Crippen molar-refractivity contribution in [1.29, 1.82) is 0 Å². The summed E-state index contributed by atoms with van der Waals surface area (Å²) >= 11 is 5.91. The highest BCUT2D eigenvalue weighted by molar-refractivity contribution is 6.17. The summed E-state index contributed by atoms with van der Waals surface area (Å²) in [7, 11) is 1.97. The van der Waals surface area contributed by atoms with Gasteiger partial charge >= 0.3 is 0 Å². The minimum Gasteiger partial charge on any atom is -0.377 e. The van der Waals surface area contributed by atoms with E-state index in [2.05, 4.69) is 23.5 Å². The maximum absolute atomic E-state index is 5.91. The monoisotopic (exact) mass is 298 g/mol. The topological polar surface area (TPSA) is 44.9 Å². The number of fused-ring (bicyclic) bond motifs is 1. The molecule has 5 nitrogen and oxygen atoms in total. The first-order chi connectivity index (χ1) is 9.62. The molecule has 0 amide bonds. The van der Waals surface area contributed by atoms with Crippen molar-refractivity contribution in [2.45, 2.75) is 46.3 Å². The van der Waals surface area contributed by atoms with E-state index >= 15 is 0 Å². The fraction of sp³-hybridized carbons (Fsp3) is 0.714. The number of hydrogen-bond donors (Lipinski definition) is 0. The van der Waals surface area contributed by atoms with Crippen molar-refractivity contribution in [2.75, 3.05) is 12.5 Å². The number of halogens is 1. The van der Waals surface area contributed by atoms with Crippen molar-refractivity contribution < 1.29 is 4.74 Å². The average Bonchev–Trinajstić information content (AvgIpc) is 2.90. The van der Waals surface area contributed by atoms with Crippen LogP contribution in [0.1, 0.15) is 32.3 Å². The molecular formula is C14H23ClN4O. The SMILES string of the molecule is CCOC(C)Cn1c(CCCl)nc2c(CC)nn(C)c21. The lowest BCUT2D eigenvalue weighted by Crippen LogP contribution is -2.19. The van der Waals surface area contributed by atoms with E-state index in [9.17, 15) is 0 Å². The van der Waals surface area contributed by atoms with Gasteiger partial charge in [0, 0.05) is 26.0 Å². The molecule has 112 valence electrons. The molecule has 0 saturated carbocycles. The first-order valence-corrected chi connectivity index (χ1v) is 7.74. The van der Waals surface area contributed by atoms with Gasteiger partial charge in [-0.2, -0.15) is 5.10 Å². The summed E-state index contributed by atoms with van der Waals surface area (Å²) in [5, 5.41) is 4.54. The van der Waals surface area contributed by atoms with Gasteiger partial charge in [-0.3, -0.25) is 4.68 Å². The molecule has 20 heavy (non-hydrogen) atoms. The second kappa shape index (κ2) is 6.59. The lowest BCUT2D eigenvalue weighted by molar-refractivity contribution is 0.0640. The number of ether oxygens (including phenoxy) is 1. The smallest absolute Gasteiger partial charge is 0.158 e. The van der Waals surface area contributed by atoms with Crippen LogP contribution in [0.4, 0.5) is 0 Å². The van der Waals surface area contributed by atoms with Crippen LogP contribution in [-0.4, -0.2) is 37.9 Å². The molecule has 1 atom stereocenters. The lowest BCUT2D eigenvalue weighted by Gasteiger charge is -2.15. The van der Waals surface area contributed by atoms with Crippen molar-refractivity contribution in [3.8, 4) is 0 Å². The maximum atomic E-state index is 5.91. The summed E-state index contributed by atoms with van der Waals surface area (Å²) in [6, 6.07) is 0. The van der Waals surface area contributed by atoms with Crippen molar-refractivity contribution in [1.82, 2.24) is 19.3 Å². The third kappa shape index (κ3) is 2.83. The van der Waals surface area contributed by atoms with Crippen molar-refractivity contribution in [2.24, 2.45) is 7.05 Å². The van der Waals surface area contributed by atoms with Crippen LogP contribution in [0.15, 0.2) is 0 Å². The van der Waals surface area contributed by atoms with Crippen molar-refractivity contribution >= 4 is 22.8 Å². The Labute approximate surface area is 124 Å². The van der Waals surface area contributed by atoms with E-state index in [0.29, 0.717) is 5.88 Å². The molecule has 0 aliphatic carbocycles. The number of rotatable bonds is 7.